The minimum atomic E-state index is -0.172. The standard InChI is InChI=1S/C15H16N2O2S/c1-10-9-16-15(20-10)17-14(18)12-7-2-3-8-13(12)19-11-5-4-6-11/h2-3,7-9,11H,4-6H2,1H3,(H,16,17,18). The molecule has 0 aliphatic heterocycles. The second-order valence-electron chi connectivity index (χ2n) is 4.90. The highest BCUT2D eigenvalue weighted by molar-refractivity contribution is 7.15. The van der Waals surface area contributed by atoms with Gasteiger partial charge >= 0.3 is 0 Å². The number of amides is 1. The summed E-state index contributed by atoms with van der Waals surface area (Å²) in [4.78, 5) is 17.5. The minimum Gasteiger partial charge on any atom is -0.490 e. The lowest BCUT2D eigenvalue weighted by molar-refractivity contribution is 0.0992. The maximum atomic E-state index is 12.3. The van der Waals surface area contributed by atoms with Crippen LogP contribution in [0.4, 0.5) is 5.13 Å². The van der Waals surface area contributed by atoms with Crippen molar-refractivity contribution in [1.29, 1.82) is 0 Å². The first-order valence-corrected chi connectivity index (χ1v) is 7.53. The van der Waals surface area contributed by atoms with Gasteiger partial charge in [0, 0.05) is 11.1 Å². The summed E-state index contributed by atoms with van der Waals surface area (Å²) < 4.78 is 5.87. The number of benzene rings is 1. The Balaban J connectivity index is 1.76. The lowest BCUT2D eigenvalue weighted by Crippen LogP contribution is -2.26. The first-order chi connectivity index (χ1) is 9.72. The summed E-state index contributed by atoms with van der Waals surface area (Å²) in [7, 11) is 0. The Hall–Kier alpha value is -1.88. The first kappa shape index (κ1) is 13.1. The quantitative estimate of drug-likeness (QED) is 0.934. The number of carbonyl (C=O) groups is 1. The van der Waals surface area contributed by atoms with Crippen LogP contribution in [0.2, 0.25) is 0 Å². The maximum Gasteiger partial charge on any atom is 0.261 e. The molecule has 1 aliphatic rings. The van der Waals surface area contributed by atoms with E-state index in [1.165, 1.54) is 17.8 Å². The lowest BCUT2D eigenvalue weighted by atomic mass is 9.96. The Morgan fingerprint density at radius 3 is 2.85 bits per heavy atom. The molecule has 1 aliphatic carbocycles. The first-order valence-electron chi connectivity index (χ1n) is 6.72. The van der Waals surface area contributed by atoms with Gasteiger partial charge in [-0.05, 0) is 38.3 Å². The molecule has 3 rings (SSSR count). The van der Waals surface area contributed by atoms with Crippen LogP contribution in [0.1, 0.15) is 34.5 Å². The fourth-order valence-corrected chi connectivity index (χ4v) is 2.66. The lowest BCUT2D eigenvalue weighted by Gasteiger charge is -2.27. The number of rotatable bonds is 4. The molecule has 1 aromatic heterocycles. The van der Waals surface area contributed by atoms with E-state index < -0.39 is 0 Å². The highest BCUT2D eigenvalue weighted by atomic mass is 32.1. The molecule has 2 aromatic rings. The van der Waals surface area contributed by atoms with Gasteiger partial charge in [-0.15, -0.1) is 11.3 Å². The molecule has 20 heavy (non-hydrogen) atoms. The fourth-order valence-electron chi connectivity index (χ4n) is 2.00. The van der Waals surface area contributed by atoms with Crippen molar-refractivity contribution in [3.05, 3.63) is 40.9 Å². The van der Waals surface area contributed by atoms with Gasteiger partial charge in [0.15, 0.2) is 5.13 Å². The third-order valence-electron chi connectivity index (χ3n) is 3.32. The summed E-state index contributed by atoms with van der Waals surface area (Å²) in [5.74, 6) is 0.484. The number of aromatic nitrogens is 1. The predicted octanol–water partition coefficient (Wildman–Crippen LogP) is 3.64. The van der Waals surface area contributed by atoms with E-state index in [9.17, 15) is 4.79 Å². The predicted molar refractivity (Wildman–Crippen MR) is 79.5 cm³/mol. The Morgan fingerprint density at radius 1 is 1.40 bits per heavy atom. The number of ether oxygens (including phenoxy) is 1. The number of hydrogen-bond acceptors (Lipinski definition) is 4. The molecule has 4 nitrogen and oxygen atoms in total. The van der Waals surface area contributed by atoms with Crippen LogP contribution in [-0.4, -0.2) is 17.0 Å². The number of para-hydroxylation sites is 1. The molecule has 1 fully saturated rings. The minimum absolute atomic E-state index is 0.172. The smallest absolute Gasteiger partial charge is 0.261 e. The van der Waals surface area contributed by atoms with E-state index in [0.717, 1.165) is 17.7 Å². The molecule has 1 saturated carbocycles. The van der Waals surface area contributed by atoms with Gasteiger partial charge in [0.05, 0.1) is 11.7 Å². The van der Waals surface area contributed by atoms with Crippen molar-refractivity contribution in [2.45, 2.75) is 32.3 Å². The van der Waals surface area contributed by atoms with Gasteiger partial charge in [0.2, 0.25) is 0 Å². The van der Waals surface area contributed by atoms with Crippen LogP contribution in [0.25, 0.3) is 0 Å². The van der Waals surface area contributed by atoms with E-state index in [1.54, 1.807) is 12.3 Å². The summed E-state index contributed by atoms with van der Waals surface area (Å²) in [6.45, 7) is 1.96. The van der Waals surface area contributed by atoms with Crippen molar-refractivity contribution in [2.75, 3.05) is 5.32 Å². The number of hydrogen-bond donors (Lipinski definition) is 1. The summed E-state index contributed by atoms with van der Waals surface area (Å²) in [6, 6.07) is 7.36. The molecule has 0 saturated heterocycles. The molecule has 5 heteroatoms. The molecular formula is C15H16N2O2S. The molecule has 104 valence electrons. The Bertz CT molecular complexity index is 620. The fraction of sp³-hybridized carbons (Fsp3) is 0.333. The number of aryl methyl sites for hydroxylation is 1. The van der Waals surface area contributed by atoms with Crippen LogP contribution < -0.4 is 10.1 Å². The highest BCUT2D eigenvalue weighted by Crippen LogP contribution is 2.28. The Kier molecular flexibility index (Phi) is 3.69. The van der Waals surface area contributed by atoms with Crippen molar-refractivity contribution in [3.63, 3.8) is 0 Å². The number of thiazole rings is 1. The zero-order chi connectivity index (χ0) is 13.9. The zero-order valence-corrected chi connectivity index (χ0v) is 12.1. The maximum absolute atomic E-state index is 12.3. The third-order valence-corrected chi connectivity index (χ3v) is 4.15. The zero-order valence-electron chi connectivity index (χ0n) is 11.3. The van der Waals surface area contributed by atoms with E-state index in [2.05, 4.69) is 10.3 Å². The van der Waals surface area contributed by atoms with Gasteiger partial charge in [0.25, 0.3) is 5.91 Å². The van der Waals surface area contributed by atoms with Crippen molar-refractivity contribution in [1.82, 2.24) is 4.98 Å². The van der Waals surface area contributed by atoms with E-state index in [-0.39, 0.29) is 12.0 Å². The van der Waals surface area contributed by atoms with E-state index >= 15 is 0 Å². The number of anilines is 1. The average molecular weight is 288 g/mol. The Labute approximate surface area is 121 Å². The van der Waals surface area contributed by atoms with Gasteiger partial charge in [-0.25, -0.2) is 4.98 Å². The molecule has 0 unspecified atom stereocenters. The Morgan fingerprint density at radius 2 is 2.20 bits per heavy atom. The third kappa shape index (κ3) is 2.82. The van der Waals surface area contributed by atoms with Gasteiger partial charge in [-0.2, -0.15) is 0 Å². The molecular weight excluding hydrogens is 272 g/mol. The normalized spacial score (nSPS) is 14.7. The van der Waals surface area contributed by atoms with Crippen molar-refractivity contribution < 1.29 is 9.53 Å². The molecule has 0 spiro atoms. The molecule has 0 bridgehead atoms. The van der Waals surface area contributed by atoms with E-state index in [4.69, 9.17) is 4.74 Å². The molecule has 1 N–H and O–H groups in total. The van der Waals surface area contributed by atoms with Crippen LogP contribution in [0.3, 0.4) is 0 Å². The topological polar surface area (TPSA) is 51.2 Å². The molecule has 1 amide bonds. The van der Waals surface area contributed by atoms with E-state index in [1.807, 2.05) is 25.1 Å². The highest BCUT2D eigenvalue weighted by Gasteiger charge is 2.22. The van der Waals surface area contributed by atoms with Crippen molar-refractivity contribution in [3.8, 4) is 5.75 Å². The summed E-state index contributed by atoms with van der Waals surface area (Å²) in [5.41, 5.74) is 0.562. The van der Waals surface area contributed by atoms with Gasteiger partial charge in [-0.3, -0.25) is 10.1 Å². The summed E-state index contributed by atoms with van der Waals surface area (Å²) in [6.07, 6.45) is 5.35. The second kappa shape index (κ2) is 5.63. The molecule has 1 aromatic carbocycles. The van der Waals surface area contributed by atoms with Crippen LogP contribution in [0.5, 0.6) is 5.75 Å². The SMILES string of the molecule is Cc1cnc(NC(=O)c2ccccc2OC2CCC2)s1. The van der Waals surface area contributed by atoms with Crippen molar-refractivity contribution in [2.24, 2.45) is 0 Å². The number of carbonyl (C=O) groups excluding carboxylic acids is 1. The summed E-state index contributed by atoms with van der Waals surface area (Å²) >= 11 is 1.46. The second-order valence-corrected chi connectivity index (χ2v) is 6.13. The van der Waals surface area contributed by atoms with Crippen molar-refractivity contribution >= 4 is 22.4 Å². The molecule has 1 heterocycles. The van der Waals surface area contributed by atoms with Crippen LogP contribution in [-0.2, 0) is 0 Å². The number of nitrogens with one attached hydrogen (secondary N) is 1. The molecule has 0 atom stereocenters. The monoisotopic (exact) mass is 288 g/mol. The molecule has 0 radical (unpaired) electrons. The average Bonchev–Trinajstić information content (AvgIpc) is 2.80. The van der Waals surface area contributed by atoms with Gasteiger partial charge < -0.3 is 4.74 Å². The summed E-state index contributed by atoms with van der Waals surface area (Å²) in [5, 5.41) is 3.43. The van der Waals surface area contributed by atoms with Gasteiger partial charge in [0.1, 0.15) is 5.75 Å². The van der Waals surface area contributed by atoms with Crippen LogP contribution in [0.15, 0.2) is 30.5 Å². The van der Waals surface area contributed by atoms with Crippen LogP contribution >= 0.6 is 11.3 Å². The van der Waals surface area contributed by atoms with E-state index in [0.29, 0.717) is 16.4 Å². The van der Waals surface area contributed by atoms with Crippen LogP contribution in [0, 0.1) is 6.92 Å². The number of nitrogens with zero attached hydrogens (tertiary/aromatic N) is 1. The van der Waals surface area contributed by atoms with Gasteiger partial charge in [-0.1, -0.05) is 12.1 Å². The largest absolute Gasteiger partial charge is 0.490 e.